The molecule has 2 saturated heterocycles. The summed E-state index contributed by atoms with van der Waals surface area (Å²) in [6.07, 6.45) is 0.835. The second kappa shape index (κ2) is 17.5. The number of aliphatic hydroxyl groups is 1. The number of benzene rings is 2. The number of esters is 1. The highest BCUT2D eigenvalue weighted by Crippen LogP contribution is 2.33. The molecule has 4 aliphatic heterocycles. The Balaban J connectivity index is 0.000000242. The first kappa shape index (κ1) is 43.9. The summed E-state index contributed by atoms with van der Waals surface area (Å²) in [7, 11) is 2.32. The maximum atomic E-state index is 12.7. The molecule has 4 aliphatic rings. The van der Waals surface area contributed by atoms with E-state index in [1.165, 1.54) is 19.2 Å². The summed E-state index contributed by atoms with van der Waals surface area (Å²) in [4.78, 5) is 85.0. The van der Waals surface area contributed by atoms with Gasteiger partial charge >= 0.3 is 24.1 Å². The van der Waals surface area contributed by atoms with Gasteiger partial charge in [0.05, 0.1) is 18.2 Å². The lowest BCUT2D eigenvalue weighted by Gasteiger charge is -2.36. The molecule has 57 heavy (non-hydrogen) atoms. The number of hydrogen-bond acceptors (Lipinski definition) is 12. The van der Waals surface area contributed by atoms with E-state index in [2.05, 4.69) is 20.6 Å². The van der Waals surface area contributed by atoms with Crippen LogP contribution in [0.2, 0.25) is 0 Å². The van der Waals surface area contributed by atoms with Gasteiger partial charge in [-0.25, -0.2) is 19.2 Å². The number of likely N-dealkylation sites (tertiary alicyclic amines) is 2. The summed E-state index contributed by atoms with van der Waals surface area (Å²) in [6, 6.07) is 13.1. The lowest BCUT2D eigenvalue weighted by atomic mass is 9.88. The highest BCUT2D eigenvalue weighted by molar-refractivity contribution is 6.16. The van der Waals surface area contributed by atoms with Crippen molar-refractivity contribution in [2.24, 2.45) is 9.98 Å². The molecule has 0 atom stereocenters. The molecule has 0 aliphatic carbocycles. The number of carbonyl (C=O) groups is 6. The molecule has 17 heteroatoms. The van der Waals surface area contributed by atoms with Crippen LogP contribution in [-0.4, -0.2) is 130 Å². The van der Waals surface area contributed by atoms with Crippen molar-refractivity contribution < 1.29 is 53.2 Å². The van der Waals surface area contributed by atoms with Crippen molar-refractivity contribution in [3.05, 3.63) is 70.8 Å². The third kappa shape index (κ3) is 10.7. The molecule has 0 radical (unpaired) electrons. The number of piperidine rings is 2. The molecule has 2 spiro atoms. The van der Waals surface area contributed by atoms with E-state index in [4.69, 9.17) is 24.4 Å². The van der Waals surface area contributed by atoms with Gasteiger partial charge in [-0.05, 0) is 91.5 Å². The fourth-order valence-electron chi connectivity index (χ4n) is 6.47. The summed E-state index contributed by atoms with van der Waals surface area (Å²) < 4.78 is 15.5. The van der Waals surface area contributed by atoms with Gasteiger partial charge in [-0.15, -0.1) is 0 Å². The zero-order valence-electron chi connectivity index (χ0n) is 33.6. The standard InChI is InChI=1S/C20H25N3O5.C19H23N3O5.CH4O/c1-19(2,3)28-18(26)23-10-8-20(9-11-23)17(25)21-15(22-20)13-6-5-7-14(12-13)16(24)27-4;1-18(2,3)27-17(26)22-9-7-19(8-10-22)16(25)20-14(21-19)12-5-4-6-13(11-12)15(23)24;1-2/h5-7,12H,8-11H2,1-4H3,(H,21,22,25);4-6,11H,7-10H2,1-3H3,(H,23,24)(H,20,21,25);2H,1H3. The molecule has 2 fully saturated rings. The van der Waals surface area contributed by atoms with E-state index in [-0.39, 0.29) is 23.5 Å². The molecular formula is C40H52N6O11. The molecule has 0 saturated carbocycles. The third-order valence-corrected chi connectivity index (χ3v) is 9.39. The van der Waals surface area contributed by atoms with E-state index in [1.807, 2.05) is 41.5 Å². The number of nitrogens with zero attached hydrogens (tertiary/aromatic N) is 4. The quantitative estimate of drug-likeness (QED) is 0.258. The van der Waals surface area contributed by atoms with Crippen molar-refractivity contribution in [3.8, 4) is 0 Å². The summed E-state index contributed by atoms with van der Waals surface area (Å²) in [5.41, 5.74) is -1.24. The molecule has 0 unspecified atom stereocenters. The number of aromatic carboxylic acids is 1. The Kier molecular flexibility index (Phi) is 13.5. The number of hydrogen-bond donors (Lipinski definition) is 4. The van der Waals surface area contributed by atoms with E-state index in [0.29, 0.717) is 80.2 Å². The van der Waals surface area contributed by atoms with E-state index in [0.717, 1.165) is 7.11 Å². The molecule has 17 nitrogen and oxygen atoms in total. The van der Waals surface area contributed by atoms with Crippen molar-refractivity contribution >= 4 is 47.6 Å². The molecule has 4 amide bonds. The monoisotopic (exact) mass is 792 g/mol. The van der Waals surface area contributed by atoms with Gasteiger partial charge < -0.3 is 44.9 Å². The lowest BCUT2D eigenvalue weighted by molar-refractivity contribution is -0.126. The first-order valence-corrected chi connectivity index (χ1v) is 18.5. The van der Waals surface area contributed by atoms with Crippen molar-refractivity contribution in [2.75, 3.05) is 40.4 Å². The van der Waals surface area contributed by atoms with E-state index in [1.54, 1.807) is 46.2 Å². The number of carboxylic acid groups (broad SMARTS) is 1. The van der Waals surface area contributed by atoms with Crippen molar-refractivity contribution in [1.29, 1.82) is 0 Å². The molecule has 0 aromatic heterocycles. The topological polar surface area (TPSA) is 226 Å². The van der Waals surface area contributed by atoms with Gasteiger partial charge in [0.1, 0.15) is 34.0 Å². The molecule has 4 N–H and O–H groups in total. The number of aliphatic imine (C=N–C) groups is 2. The summed E-state index contributed by atoms with van der Waals surface area (Å²) in [5.74, 6) is -1.10. The van der Waals surface area contributed by atoms with Crippen LogP contribution in [0.15, 0.2) is 58.5 Å². The molecule has 4 heterocycles. The van der Waals surface area contributed by atoms with Gasteiger partial charge in [0.15, 0.2) is 0 Å². The smallest absolute Gasteiger partial charge is 0.410 e. The number of ether oxygens (including phenoxy) is 3. The molecule has 2 aromatic rings. The SMILES string of the molecule is CC(C)(C)OC(=O)N1CCC2(CC1)N=C(c1cccc(C(=O)O)c1)NC2=O.CO.COC(=O)c1cccc(C2=NC3(CCN(C(=O)OC(C)(C)C)CC3)C(=O)N2)c1. The highest BCUT2D eigenvalue weighted by atomic mass is 16.6. The van der Waals surface area contributed by atoms with Crippen LogP contribution in [0.4, 0.5) is 9.59 Å². The Morgan fingerprint density at radius 2 is 1.04 bits per heavy atom. The van der Waals surface area contributed by atoms with E-state index in [9.17, 15) is 28.8 Å². The number of carboxylic acids is 1. The highest BCUT2D eigenvalue weighted by Gasteiger charge is 2.48. The predicted molar refractivity (Wildman–Crippen MR) is 208 cm³/mol. The molecule has 0 bridgehead atoms. The summed E-state index contributed by atoms with van der Waals surface area (Å²) in [5, 5.41) is 21.7. The third-order valence-electron chi connectivity index (χ3n) is 9.39. The second-order valence-corrected chi connectivity index (χ2v) is 15.8. The van der Waals surface area contributed by atoms with Crippen molar-refractivity contribution in [2.45, 2.75) is 89.5 Å². The maximum Gasteiger partial charge on any atom is 0.410 e. The fraction of sp³-hybridized carbons (Fsp3) is 0.500. The number of carbonyl (C=O) groups excluding carboxylic acids is 5. The summed E-state index contributed by atoms with van der Waals surface area (Å²) >= 11 is 0. The Bertz CT molecular complexity index is 1930. The van der Waals surface area contributed by atoms with Gasteiger partial charge in [0.2, 0.25) is 0 Å². The Morgan fingerprint density at radius 1 is 0.667 bits per heavy atom. The Hall–Kier alpha value is -5.84. The average Bonchev–Trinajstić information content (AvgIpc) is 3.66. The zero-order chi connectivity index (χ0) is 42.3. The van der Waals surface area contributed by atoms with Crippen LogP contribution in [0.3, 0.4) is 0 Å². The van der Waals surface area contributed by atoms with Gasteiger partial charge in [-0.3, -0.25) is 19.6 Å². The van der Waals surface area contributed by atoms with Gasteiger partial charge in [-0.1, -0.05) is 24.3 Å². The predicted octanol–water partition coefficient (Wildman–Crippen LogP) is 3.76. The van der Waals surface area contributed by atoms with Crippen LogP contribution in [0.1, 0.15) is 99.1 Å². The van der Waals surface area contributed by atoms with Crippen LogP contribution < -0.4 is 10.6 Å². The first-order chi connectivity index (χ1) is 26.7. The fourth-order valence-corrected chi connectivity index (χ4v) is 6.47. The summed E-state index contributed by atoms with van der Waals surface area (Å²) in [6.45, 7) is 12.4. The molecule has 308 valence electrons. The van der Waals surface area contributed by atoms with E-state index < -0.39 is 40.3 Å². The van der Waals surface area contributed by atoms with E-state index >= 15 is 0 Å². The lowest BCUT2D eigenvalue weighted by Crippen LogP contribution is -2.51. The number of methoxy groups -OCH3 is 1. The van der Waals surface area contributed by atoms with Crippen LogP contribution in [-0.2, 0) is 23.8 Å². The van der Waals surface area contributed by atoms with Gasteiger partial charge in [0, 0.05) is 44.4 Å². The minimum Gasteiger partial charge on any atom is -0.478 e. The van der Waals surface area contributed by atoms with Crippen molar-refractivity contribution in [1.82, 2.24) is 20.4 Å². The van der Waals surface area contributed by atoms with Crippen molar-refractivity contribution in [3.63, 3.8) is 0 Å². The zero-order valence-corrected chi connectivity index (χ0v) is 33.6. The Labute approximate surface area is 331 Å². The maximum absolute atomic E-state index is 12.7. The van der Waals surface area contributed by atoms with Crippen LogP contribution in [0, 0.1) is 0 Å². The first-order valence-electron chi connectivity index (χ1n) is 18.5. The Morgan fingerprint density at radius 3 is 1.39 bits per heavy atom. The number of rotatable bonds is 4. The average molecular weight is 793 g/mol. The normalized spacial score (nSPS) is 18.1. The largest absolute Gasteiger partial charge is 0.478 e. The molecule has 2 aromatic carbocycles. The minimum atomic E-state index is -1.04. The molecular weight excluding hydrogens is 740 g/mol. The van der Waals surface area contributed by atoms with Gasteiger partial charge in [-0.2, -0.15) is 0 Å². The number of aliphatic hydroxyl groups excluding tert-OH is 1. The molecule has 6 rings (SSSR count). The van der Waals surface area contributed by atoms with Crippen LogP contribution in [0.5, 0.6) is 0 Å². The van der Waals surface area contributed by atoms with Crippen LogP contribution >= 0.6 is 0 Å². The number of nitrogens with one attached hydrogen (secondary N) is 2. The minimum absolute atomic E-state index is 0.130. The number of amides is 4. The van der Waals surface area contributed by atoms with Crippen LogP contribution in [0.25, 0.3) is 0 Å². The second-order valence-electron chi connectivity index (χ2n) is 15.8. The van der Waals surface area contributed by atoms with Gasteiger partial charge in [0.25, 0.3) is 11.8 Å². The number of amidine groups is 2.